The smallest absolute Gasteiger partial charge is 0.416 e. The molecule has 0 atom stereocenters. The maximum absolute atomic E-state index is 12.8. The van der Waals surface area contributed by atoms with Crippen molar-refractivity contribution in [2.45, 2.75) is 19.3 Å². The van der Waals surface area contributed by atoms with E-state index in [4.69, 9.17) is 4.74 Å². The van der Waals surface area contributed by atoms with Crippen molar-refractivity contribution in [3.8, 4) is 5.75 Å². The van der Waals surface area contributed by atoms with Crippen LogP contribution in [0.4, 0.5) is 13.2 Å². The molecule has 150 valence electrons. The zero-order chi connectivity index (χ0) is 20.1. The minimum atomic E-state index is -4.63. The molecule has 2 aromatic carbocycles. The van der Waals surface area contributed by atoms with Crippen LogP contribution in [-0.4, -0.2) is 42.2 Å². The van der Waals surface area contributed by atoms with Crippen LogP contribution in [0.1, 0.15) is 27.0 Å². The molecule has 1 heterocycles. The van der Waals surface area contributed by atoms with E-state index in [-0.39, 0.29) is 12.1 Å². The van der Waals surface area contributed by atoms with E-state index in [2.05, 4.69) is 10.2 Å². The van der Waals surface area contributed by atoms with Gasteiger partial charge < -0.3 is 15.2 Å². The van der Waals surface area contributed by atoms with Gasteiger partial charge in [-0.05, 0) is 29.3 Å². The van der Waals surface area contributed by atoms with E-state index in [0.29, 0.717) is 6.07 Å². The fourth-order valence-electron chi connectivity index (χ4n) is 2.97. The first-order chi connectivity index (χ1) is 13.3. The topological polar surface area (TPSA) is 61.8 Å². The molecular formula is C20H21F3N2O3. The maximum Gasteiger partial charge on any atom is 0.416 e. The average molecular weight is 394 g/mol. The molecule has 0 saturated carbocycles. The number of aromatic hydroxyl groups is 1. The third-order valence-electron chi connectivity index (χ3n) is 4.49. The number of rotatable bonds is 5. The van der Waals surface area contributed by atoms with Gasteiger partial charge in [-0.3, -0.25) is 9.69 Å². The molecular weight excluding hydrogens is 373 g/mol. The Kier molecular flexibility index (Phi) is 6.21. The van der Waals surface area contributed by atoms with Gasteiger partial charge >= 0.3 is 6.18 Å². The summed E-state index contributed by atoms with van der Waals surface area (Å²) in [6.07, 6.45) is -4.63. The van der Waals surface area contributed by atoms with Gasteiger partial charge in [0, 0.05) is 31.7 Å². The molecule has 0 aromatic heterocycles. The van der Waals surface area contributed by atoms with Crippen LogP contribution in [-0.2, 0) is 24.0 Å². The van der Waals surface area contributed by atoms with Gasteiger partial charge in [0.25, 0.3) is 5.91 Å². The summed E-state index contributed by atoms with van der Waals surface area (Å²) in [7, 11) is 0. The van der Waals surface area contributed by atoms with Crippen LogP contribution in [0, 0.1) is 0 Å². The number of halogens is 3. The van der Waals surface area contributed by atoms with Crippen LogP contribution >= 0.6 is 0 Å². The van der Waals surface area contributed by atoms with Gasteiger partial charge in [0.1, 0.15) is 5.75 Å². The van der Waals surface area contributed by atoms with Gasteiger partial charge in [0.2, 0.25) is 0 Å². The lowest BCUT2D eigenvalue weighted by atomic mass is 10.1. The summed E-state index contributed by atoms with van der Waals surface area (Å²) in [6.45, 7) is 4.24. The van der Waals surface area contributed by atoms with E-state index in [1.165, 1.54) is 0 Å². The average Bonchev–Trinajstić information content (AvgIpc) is 2.67. The molecule has 1 saturated heterocycles. The van der Waals surface area contributed by atoms with E-state index < -0.39 is 23.4 Å². The summed E-state index contributed by atoms with van der Waals surface area (Å²) in [5.41, 5.74) is 0.663. The Morgan fingerprint density at radius 3 is 2.36 bits per heavy atom. The van der Waals surface area contributed by atoms with Gasteiger partial charge in [0.15, 0.2) is 0 Å². The minimum Gasteiger partial charge on any atom is -0.508 e. The van der Waals surface area contributed by atoms with Crippen molar-refractivity contribution in [3.05, 3.63) is 64.7 Å². The summed E-state index contributed by atoms with van der Waals surface area (Å²) in [5, 5.41) is 12.0. The highest BCUT2D eigenvalue weighted by molar-refractivity contribution is 5.94. The molecule has 2 N–H and O–H groups in total. The molecule has 0 radical (unpaired) electrons. The molecule has 2 aromatic rings. The van der Waals surface area contributed by atoms with E-state index in [1.807, 2.05) is 24.3 Å². The summed E-state index contributed by atoms with van der Waals surface area (Å²) < 4.78 is 43.8. The minimum absolute atomic E-state index is 0.174. The third kappa shape index (κ3) is 5.46. The maximum atomic E-state index is 12.8. The second-order valence-electron chi connectivity index (χ2n) is 6.65. The third-order valence-corrected chi connectivity index (χ3v) is 4.49. The summed E-state index contributed by atoms with van der Waals surface area (Å²) >= 11 is 0. The number of hydrogen-bond acceptors (Lipinski definition) is 4. The lowest BCUT2D eigenvalue weighted by Gasteiger charge is -2.26. The van der Waals surface area contributed by atoms with Crippen molar-refractivity contribution >= 4 is 5.91 Å². The highest BCUT2D eigenvalue weighted by Crippen LogP contribution is 2.32. The predicted molar refractivity (Wildman–Crippen MR) is 96.8 cm³/mol. The Labute approximate surface area is 160 Å². The molecule has 0 unspecified atom stereocenters. The van der Waals surface area contributed by atoms with Crippen molar-refractivity contribution in [2.24, 2.45) is 0 Å². The number of ether oxygens (including phenoxy) is 1. The number of carbonyl (C=O) groups excluding carboxylic acids is 1. The highest BCUT2D eigenvalue weighted by Gasteiger charge is 2.31. The van der Waals surface area contributed by atoms with Crippen LogP contribution in [0.5, 0.6) is 5.75 Å². The fourth-order valence-corrected chi connectivity index (χ4v) is 2.97. The first kappa shape index (κ1) is 20.2. The van der Waals surface area contributed by atoms with Gasteiger partial charge in [-0.1, -0.05) is 24.3 Å². The number of morpholine rings is 1. The molecule has 1 fully saturated rings. The molecule has 5 nitrogen and oxygen atoms in total. The first-order valence-corrected chi connectivity index (χ1v) is 8.88. The van der Waals surface area contributed by atoms with Crippen molar-refractivity contribution in [2.75, 3.05) is 26.3 Å². The second kappa shape index (κ2) is 8.62. The lowest BCUT2D eigenvalue weighted by Crippen LogP contribution is -2.35. The van der Waals surface area contributed by atoms with Crippen molar-refractivity contribution in [3.63, 3.8) is 0 Å². The molecule has 0 bridgehead atoms. The molecule has 3 rings (SSSR count). The quantitative estimate of drug-likeness (QED) is 0.818. The fraction of sp³-hybridized carbons (Fsp3) is 0.350. The normalized spacial score (nSPS) is 15.4. The number of nitrogens with zero attached hydrogens (tertiary/aromatic N) is 1. The number of alkyl halides is 3. The van der Waals surface area contributed by atoms with E-state index in [1.54, 1.807) is 0 Å². The van der Waals surface area contributed by atoms with Crippen molar-refractivity contribution < 1.29 is 27.8 Å². The first-order valence-electron chi connectivity index (χ1n) is 8.88. The lowest BCUT2D eigenvalue weighted by molar-refractivity contribution is -0.137. The number of carbonyl (C=O) groups is 1. The second-order valence-corrected chi connectivity index (χ2v) is 6.65. The number of benzene rings is 2. The number of amides is 1. The Morgan fingerprint density at radius 1 is 1.07 bits per heavy atom. The van der Waals surface area contributed by atoms with Crippen LogP contribution in [0.15, 0.2) is 42.5 Å². The standard InChI is InChI=1S/C20H21F3N2O3/c21-20(22,23)17-9-16(10-18(26)11-17)19(27)24-12-14-1-3-15(4-2-14)13-25-5-7-28-8-6-25/h1-4,9-11,26H,5-8,12-13H2,(H,24,27). The van der Waals surface area contributed by atoms with Gasteiger partial charge in [-0.25, -0.2) is 0 Å². The van der Waals surface area contributed by atoms with Gasteiger partial charge in [-0.15, -0.1) is 0 Å². The summed E-state index contributed by atoms with van der Waals surface area (Å²) in [5.74, 6) is -1.29. The Bertz CT molecular complexity index is 816. The largest absolute Gasteiger partial charge is 0.508 e. The van der Waals surface area contributed by atoms with Gasteiger partial charge in [0.05, 0.1) is 18.8 Å². The molecule has 1 aliphatic rings. The van der Waals surface area contributed by atoms with E-state index in [9.17, 15) is 23.1 Å². The number of hydrogen-bond donors (Lipinski definition) is 2. The Hall–Kier alpha value is -2.58. The summed E-state index contributed by atoms with van der Waals surface area (Å²) in [4.78, 5) is 14.5. The summed E-state index contributed by atoms with van der Waals surface area (Å²) in [6, 6.07) is 10.00. The van der Waals surface area contributed by atoms with Crippen LogP contribution in [0.25, 0.3) is 0 Å². The van der Waals surface area contributed by atoms with Crippen LogP contribution in [0.2, 0.25) is 0 Å². The molecule has 8 heteroatoms. The molecule has 0 aliphatic carbocycles. The SMILES string of the molecule is O=C(NCc1ccc(CN2CCOCC2)cc1)c1cc(O)cc(C(F)(F)F)c1. The van der Waals surface area contributed by atoms with Crippen molar-refractivity contribution in [1.82, 2.24) is 10.2 Å². The monoisotopic (exact) mass is 394 g/mol. The van der Waals surface area contributed by atoms with Crippen LogP contribution < -0.4 is 5.32 Å². The molecule has 1 aliphatic heterocycles. The Morgan fingerprint density at radius 2 is 1.71 bits per heavy atom. The molecule has 0 spiro atoms. The zero-order valence-electron chi connectivity index (χ0n) is 15.1. The predicted octanol–water partition coefficient (Wildman–Crippen LogP) is 3.17. The van der Waals surface area contributed by atoms with Crippen molar-refractivity contribution in [1.29, 1.82) is 0 Å². The molecule has 28 heavy (non-hydrogen) atoms. The number of phenols is 1. The van der Waals surface area contributed by atoms with E-state index >= 15 is 0 Å². The van der Waals surface area contributed by atoms with Crippen LogP contribution in [0.3, 0.4) is 0 Å². The van der Waals surface area contributed by atoms with E-state index in [0.717, 1.165) is 56.1 Å². The highest BCUT2D eigenvalue weighted by atomic mass is 19.4. The number of phenolic OH excluding ortho intramolecular Hbond substituents is 1. The Balaban J connectivity index is 1.58. The number of nitrogens with one attached hydrogen (secondary N) is 1. The molecule has 1 amide bonds. The van der Waals surface area contributed by atoms with Gasteiger partial charge in [-0.2, -0.15) is 13.2 Å². The zero-order valence-corrected chi connectivity index (χ0v) is 15.1.